The molecule has 0 amide bonds. The quantitative estimate of drug-likeness (QED) is 0.457. The van der Waals surface area contributed by atoms with Crippen LogP contribution in [-0.2, 0) is 17.7 Å². The first-order valence-electron chi connectivity index (χ1n) is 8.89. The van der Waals surface area contributed by atoms with Gasteiger partial charge in [0, 0.05) is 11.4 Å². The van der Waals surface area contributed by atoms with E-state index >= 15 is 0 Å². The Bertz CT molecular complexity index is 828. The number of thiophene rings is 1. The number of benzene rings is 1. The van der Waals surface area contributed by atoms with Crippen molar-refractivity contribution in [1.29, 1.82) is 0 Å². The summed E-state index contributed by atoms with van der Waals surface area (Å²) in [6.45, 7) is 3.62. The number of hydrogen-bond acceptors (Lipinski definition) is 5. The maximum Gasteiger partial charge on any atom is 0.511 e. The summed E-state index contributed by atoms with van der Waals surface area (Å²) in [7, 11) is 0. The molecule has 142 valence electrons. The number of ether oxygens (including phenoxy) is 1. The molecule has 2 heterocycles. The summed E-state index contributed by atoms with van der Waals surface area (Å²) in [6.07, 6.45) is 4.47. The SMILES string of the molecule is Cc1cccc(CCCSC2=C(OC(=O)O)C=CCN2Cc2cccs2)c1. The first-order chi connectivity index (χ1) is 13.1. The molecule has 0 aliphatic carbocycles. The lowest BCUT2D eigenvalue weighted by Gasteiger charge is -2.29. The van der Waals surface area contributed by atoms with Crippen molar-refractivity contribution >= 4 is 29.3 Å². The number of rotatable bonds is 8. The van der Waals surface area contributed by atoms with Crippen LogP contribution in [0.25, 0.3) is 0 Å². The van der Waals surface area contributed by atoms with Gasteiger partial charge in [-0.1, -0.05) is 42.0 Å². The molecular formula is C21H23NO3S2. The van der Waals surface area contributed by atoms with Crippen molar-refractivity contribution in [3.05, 3.63) is 80.7 Å². The van der Waals surface area contributed by atoms with Crippen molar-refractivity contribution < 1.29 is 14.6 Å². The van der Waals surface area contributed by atoms with Crippen LogP contribution in [-0.4, -0.2) is 28.5 Å². The highest BCUT2D eigenvalue weighted by atomic mass is 32.2. The molecule has 1 aromatic heterocycles. The van der Waals surface area contributed by atoms with E-state index in [0.29, 0.717) is 5.76 Å². The molecule has 0 fully saturated rings. The second-order valence-electron chi connectivity index (χ2n) is 6.34. The van der Waals surface area contributed by atoms with Crippen LogP contribution >= 0.6 is 23.1 Å². The molecule has 0 saturated carbocycles. The molecule has 1 N–H and O–H groups in total. The number of allylic oxidation sites excluding steroid dienone is 1. The molecule has 0 bridgehead atoms. The van der Waals surface area contributed by atoms with Gasteiger partial charge in [-0.25, -0.2) is 4.79 Å². The molecule has 0 spiro atoms. The summed E-state index contributed by atoms with van der Waals surface area (Å²) in [6, 6.07) is 12.7. The van der Waals surface area contributed by atoms with Crippen LogP contribution in [0.1, 0.15) is 22.4 Å². The van der Waals surface area contributed by atoms with Gasteiger partial charge in [0.05, 0.1) is 6.54 Å². The smallest absolute Gasteiger partial charge is 0.449 e. The number of carbonyl (C=O) groups is 1. The van der Waals surface area contributed by atoms with Crippen LogP contribution in [0.4, 0.5) is 4.79 Å². The number of nitrogens with zero attached hydrogens (tertiary/aromatic N) is 1. The Balaban J connectivity index is 1.64. The second-order valence-corrected chi connectivity index (χ2v) is 8.46. The van der Waals surface area contributed by atoms with E-state index < -0.39 is 6.16 Å². The first-order valence-corrected chi connectivity index (χ1v) is 10.8. The van der Waals surface area contributed by atoms with E-state index in [1.54, 1.807) is 29.2 Å². The van der Waals surface area contributed by atoms with Gasteiger partial charge in [-0.05, 0) is 48.6 Å². The fourth-order valence-electron chi connectivity index (χ4n) is 2.97. The monoisotopic (exact) mass is 401 g/mol. The van der Waals surface area contributed by atoms with Crippen LogP contribution in [0.5, 0.6) is 0 Å². The van der Waals surface area contributed by atoms with Gasteiger partial charge in [0.15, 0.2) is 5.76 Å². The van der Waals surface area contributed by atoms with Crippen LogP contribution in [0.2, 0.25) is 0 Å². The van der Waals surface area contributed by atoms with Gasteiger partial charge in [0.1, 0.15) is 5.03 Å². The fraction of sp³-hybridized carbons (Fsp3) is 0.286. The van der Waals surface area contributed by atoms with E-state index in [1.165, 1.54) is 16.0 Å². The number of thioether (sulfide) groups is 1. The van der Waals surface area contributed by atoms with Crippen molar-refractivity contribution in [2.24, 2.45) is 0 Å². The minimum absolute atomic E-state index is 0.422. The third kappa shape index (κ3) is 5.91. The van der Waals surface area contributed by atoms with Crippen LogP contribution < -0.4 is 0 Å². The molecule has 0 radical (unpaired) electrons. The summed E-state index contributed by atoms with van der Waals surface area (Å²) in [5.74, 6) is 1.33. The summed E-state index contributed by atoms with van der Waals surface area (Å²) < 4.78 is 5.03. The Labute approximate surface area is 168 Å². The fourth-order valence-corrected chi connectivity index (χ4v) is 4.75. The standard InChI is InChI=1S/C21H23NO3S2/c1-16-6-2-7-17(14-16)8-4-13-27-20-19(25-21(23)24)10-3-11-22(20)15-18-9-5-12-26-18/h2-3,5-7,9-10,12,14H,4,8,11,13,15H2,1H3,(H,23,24). The van der Waals surface area contributed by atoms with Gasteiger partial charge in [-0.15, -0.1) is 23.1 Å². The van der Waals surface area contributed by atoms with Gasteiger partial charge in [-0.2, -0.15) is 0 Å². The van der Waals surface area contributed by atoms with Crippen molar-refractivity contribution in [2.45, 2.75) is 26.3 Å². The van der Waals surface area contributed by atoms with E-state index in [4.69, 9.17) is 9.84 Å². The Morgan fingerprint density at radius 2 is 2.22 bits per heavy atom. The second kappa shape index (κ2) is 9.67. The number of hydrogen-bond donors (Lipinski definition) is 1. The molecule has 27 heavy (non-hydrogen) atoms. The van der Waals surface area contributed by atoms with E-state index in [-0.39, 0.29) is 0 Å². The van der Waals surface area contributed by atoms with Crippen molar-refractivity contribution in [1.82, 2.24) is 4.90 Å². The van der Waals surface area contributed by atoms with E-state index in [2.05, 4.69) is 47.5 Å². The minimum atomic E-state index is -1.27. The maximum absolute atomic E-state index is 11.1. The highest BCUT2D eigenvalue weighted by Gasteiger charge is 2.21. The Morgan fingerprint density at radius 3 is 2.96 bits per heavy atom. The zero-order valence-electron chi connectivity index (χ0n) is 15.3. The summed E-state index contributed by atoms with van der Waals surface area (Å²) >= 11 is 3.38. The molecule has 1 aliphatic heterocycles. The molecule has 0 unspecified atom stereocenters. The maximum atomic E-state index is 11.1. The number of aryl methyl sites for hydroxylation is 2. The Morgan fingerprint density at radius 1 is 1.33 bits per heavy atom. The summed E-state index contributed by atoms with van der Waals surface area (Å²) in [5, 5.41) is 12.0. The predicted molar refractivity (Wildman–Crippen MR) is 112 cm³/mol. The lowest BCUT2D eigenvalue weighted by atomic mass is 10.1. The van der Waals surface area contributed by atoms with Gasteiger partial charge in [0.2, 0.25) is 0 Å². The zero-order valence-corrected chi connectivity index (χ0v) is 16.9. The largest absolute Gasteiger partial charge is 0.511 e. The summed E-state index contributed by atoms with van der Waals surface area (Å²) in [5.41, 5.74) is 2.62. The molecule has 0 saturated heterocycles. The Hall–Kier alpha value is -2.18. The predicted octanol–water partition coefficient (Wildman–Crippen LogP) is 5.66. The van der Waals surface area contributed by atoms with E-state index in [1.807, 2.05) is 12.1 Å². The third-order valence-electron chi connectivity index (χ3n) is 4.15. The van der Waals surface area contributed by atoms with Gasteiger partial charge < -0.3 is 14.7 Å². The minimum Gasteiger partial charge on any atom is -0.449 e. The molecule has 1 aliphatic rings. The highest BCUT2D eigenvalue weighted by molar-refractivity contribution is 8.03. The van der Waals surface area contributed by atoms with Crippen molar-refractivity contribution in [3.63, 3.8) is 0 Å². The molecule has 2 aromatic rings. The normalized spacial score (nSPS) is 13.9. The topological polar surface area (TPSA) is 49.8 Å². The van der Waals surface area contributed by atoms with E-state index in [0.717, 1.165) is 36.7 Å². The van der Waals surface area contributed by atoms with Crippen LogP contribution in [0.3, 0.4) is 0 Å². The number of carboxylic acid groups (broad SMARTS) is 1. The molecular weight excluding hydrogens is 378 g/mol. The average molecular weight is 402 g/mol. The molecule has 3 rings (SSSR count). The van der Waals surface area contributed by atoms with Gasteiger partial charge >= 0.3 is 6.16 Å². The van der Waals surface area contributed by atoms with Crippen molar-refractivity contribution in [3.8, 4) is 0 Å². The van der Waals surface area contributed by atoms with E-state index in [9.17, 15) is 4.79 Å². The first kappa shape index (κ1) is 19.6. The lowest BCUT2D eigenvalue weighted by molar-refractivity contribution is 0.119. The van der Waals surface area contributed by atoms with Crippen LogP contribution in [0.15, 0.2) is 64.7 Å². The van der Waals surface area contributed by atoms with Crippen LogP contribution in [0, 0.1) is 6.92 Å². The summed E-state index contributed by atoms with van der Waals surface area (Å²) in [4.78, 5) is 14.5. The molecule has 0 atom stereocenters. The zero-order chi connectivity index (χ0) is 19.1. The molecule has 4 nitrogen and oxygen atoms in total. The lowest BCUT2D eigenvalue weighted by Crippen LogP contribution is -2.25. The average Bonchev–Trinajstić information content (AvgIpc) is 3.13. The van der Waals surface area contributed by atoms with Gasteiger partial charge in [-0.3, -0.25) is 0 Å². The highest BCUT2D eigenvalue weighted by Crippen LogP contribution is 2.31. The third-order valence-corrected chi connectivity index (χ3v) is 6.23. The van der Waals surface area contributed by atoms with Gasteiger partial charge in [0.25, 0.3) is 0 Å². The molecule has 6 heteroatoms. The van der Waals surface area contributed by atoms with Crippen molar-refractivity contribution in [2.75, 3.05) is 12.3 Å². The Kier molecular flexibility index (Phi) is 7.01. The molecule has 1 aromatic carbocycles.